The maximum absolute atomic E-state index is 2.47. The summed E-state index contributed by atoms with van der Waals surface area (Å²) in [5.41, 5.74) is 8.46. The van der Waals surface area contributed by atoms with E-state index in [9.17, 15) is 0 Å². The van der Waals surface area contributed by atoms with E-state index in [4.69, 9.17) is 0 Å². The van der Waals surface area contributed by atoms with Gasteiger partial charge >= 0.3 is 0 Å². The number of thiophene rings is 2. The van der Waals surface area contributed by atoms with E-state index in [-0.39, 0.29) is 0 Å². The SMILES string of the molecule is c1ccc(-c2ccc3cc(N(c4ccc5c(c4)sc4ccccc45)c4ccc(-c5ccccc5)c5c4sc4ccccc45)ccc3c2)cc1. The van der Waals surface area contributed by atoms with Gasteiger partial charge in [0, 0.05) is 47.0 Å². The van der Waals surface area contributed by atoms with Crippen LogP contribution in [-0.2, 0) is 0 Å². The third kappa shape index (κ3) is 4.74. The second-order valence-corrected chi connectivity index (χ2v) is 14.7. The Labute approximate surface area is 292 Å². The van der Waals surface area contributed by atoms with Crippen LogP contribution in [-0.4, -0.2) is 0 Å². The fourth-order valence-electron chi connectivity index (χ4n) is 7.31. The van der Waals surface area contributed by atoms with E-state index in [1.165, 1.54) is 79.1 Å². The van der Waals surface area contributed by atoms with Gasteiger partial charge in [0.05, 0.1) is 10.4 Å². The van der Waals surface area contributed by atoms with E-state index >= 15 is 0 Å². The van der Waals surface area contributed by atoms with Crippen LogP contribution in [0.1, 0.15) is 0 Å². The zero-order chi connectivity index (χ0) is 32.3. The van der Waals surface area contributed by atoms with Gasteiger partial charge in [0.15, 0.2) is 0 Å². The molecule has 0 atom stereocenters. The maximum atomic E-state index is 2.47. The molecular formula is C46H29NS2. The van der Waals surface area contributed by atoms with Crippen molar-refractivity contribution in [1.82, 2.24) is 0 Å². The average Bonchev–Trinajstić information content (AvgIpc) is 3.74. The first-order chi connectivity index (χ1) is 24.3. The molecule has 0 amide bonds. The molecule has 0 unspecified atom stereocenters. The maximum Gasteiger partial charge on any atom is 0.0640 e. The van der Waals surface area contributed by atoms with Crippen LogP contribution in [0, 0.1) is 0 Å². The standard InChI is InChI=1S/C46H29NS2/c1-3-11-30(12-4-1)32-19-20-34-28-35(22-21-33(34)27-32)47(36-23-24-39-38-15-7-9-17-42(38)48-44(39)29-36)41-26-25-37(31-13-5-2-6-14-31)45-40-16-8-10-18-43(40)49-46(41)45/h1-29H. The molecule has 0 N–H and O–H groups in total. The number of hydrogen-bond acceptors (Lipinski definition) is 3. The van der Waals surface area contributed by atoms with Crippen molar-refractivity contribution in [3.63, 3.8) is 0 Å². The highest BCUT2D eigenvalue weighted by Gasteiger charge is 2.22. The fraction of sp³-hybridized carbons (Fsp3) is 0. The van der Waals surface area contributed by atoms with Gasteiger partial charge in [-0.05, 0) is 81.6 Å². The van der Waals surface area contributed by atoms with Crippen LogP contribution < -0.4 is 4.90 Å². The van der Waals surface area contributed by atoms with Gasteiger partial charge in [-0.25, -0.2) is 0 Å². The normalized spacial score (nSPS) is 11.7. The minimum atomic E-state index is 1.15. The molecule has 0 spiro atoms. The van der Waals surface area contributed by atoms with Crippen molar-refractivity contribution in [2.45, 2.75) is 0 Å². The molecule has 10 aromatic rings. The highest BCUT2D eigenvalue weighted by atomic mass is 32.1. The zero-order valence-electron chi connectivity index (χ0n) is 26.5. The summed E-state index contributed by atoms with van der Waals surface area (Å²) in [6, 6.07) is 64.4. The Morgan fingerprint density at radius 3 is 1.80 bits per heavy atom. The van der Waals surface area contributed by atoms with Gasteiger partial charge in [-0.3, -0.25) is 0 Å². The molecule has 3 heteroatoms. The van der Waals surface area contributed by atoms with Gasteiger partial charge in [-0.2, -0.15) is 0 Å². The van der Waals surface area contributed by atoms with Crippen LogP contribution in [0.25, 0.3) is 73.4 Å². The molecule has 1 nitrogen and oxygen atoms in total. The van der Waals surface area contributed by atoms with E-state index in [1.807, 2.05) is 22.7 Å². The average molecular weight is 660 g/mol. The highest BCUT2D eigenvalue weighted by molar-refractivity contribution is 7.26. The molecule has 0 aliphatic rings. The Bertz CT molecular complexity index is 2830. The zero-order valence-corrected chi connectivity index (χ0v) is 28.1. The summed E-state index contributed by atoms with van der Waals surface area (Å²) in [5, 5.41) is 7.69. The molecule has 49 heavy (non-hydrogen) atoms. The van der Waals surface area contributed by atoms with E-state index in [0.29, 0.717) is 0 Å². The molecule has 0 bridgehead atoms. The summed E-state index contributed by atoms with van der Waals surface area (Å²) in [7, 11) is 0. The van der Waals surface area contributed by atoms with E-state index in [1.54, 1.807) is 0 Å². The van der Waals surface area contributed by atoms with Crippen molar-refractivity contribution in [3.8, 4) is 22.3 Å². The summed E-state index contributed by atoms with van der Waals surface area (Å²) in [6.45, 7) is 0. The van der Waals surface area contributed by atoms with Crippen molar-refractivity contribution in [3.05, 3.63) is 176 Å². The number of hydrogen-bond donors (Lipinski definition) is 0. The van der Waals surface area contributed by atoms with Gasteiger partial charge < -0.3 is 4.90 Å². The summed E-state index contributed by atoms with van der Waals surface area (Å²) >= 11 is 3.76. The van der Waals surface area contributed by atoms with Gasteiger partial charge in [0.1, 0.15) is 0 Å². The van der Waals surface area contributed by atoms with Crippen molar-refractivity contribution in [1.29, 1.82) is 0 Å². The molecular weight excluding hydrogens is 631 g/mol. The molecule has 10 rings (SSSR count). The van der Waals surface area contributed by atoms with Crippen molar-refractivity contribution < 1.29 is 0 Å². The fourth-order valence-corrected chi connectivity index (χ4v) is 9.68. The molecule has 0 saturated carbocycles. The van der Waals surface area contributed by atoms with Crippen LogP contribution in [0.5, 0.6) is 0 Å². The van der Waals surface area contributed by atoms with Crippen LogP contribution in [0.15, 0.2) is 176 Å². The quantitative estimate of drug-likeness (QED) is 0.178. The first-order valence-corrected chi connectivity index (χ1v) is 18.2. The number of benzene rings is 8. The largest absolute Gasteiger partial charge is 0.309 e. The van der Waals surface area contributed by atoms with E-state index in [0.717, 1.165) is 11.4 Å². The van der Waals surface area contributed by atoms with Crippen molar-refractivity contribution in [2.75, 3.05) is 4.90 Å². The summed E-state index contributed by atoms with van der Waals surface area (Å²) in [4.78, 5) is 2.47. The molecule has 0 aliphatic carbocycles. The first-order valence-electron chi connectivity index (χ1n) is 16.6. The smallest absolute Gasteiger partial charge is 0.0640 e. The van der Waals surface area contributed by atoms with Crippen molar-refractivity contribution >= 4 is 90.9 Å². The lowest BCUT2D eigenvalue weighted by Crippen LogP contribution is -2.10. The topological polar surface area (TPSA) is 3.24 Å². The number of nitrogens with zero attached hydrogens (tertiary/aromatic N) is 1. The third-order valence-electron chi connectivity index (χ3n) is 9.64. The number of rotatable bonds is 5. The van der Waals surface area contributed by atoms with Gasteiger partial charge in [-0.1, -0.05) is 127 Å². The molecule has 0 radical (unpaired) electrons. The minimum absolute atomic E-state index is 1.15. The van der Waals surface area contributed by atoms with Gasteiger partial charge in [-0.15, -0.1) is 22.7 Å². The number of anilines is 3. The summed E-state index contributed by atoms with van der Waals surface area (Å²) in [5.74, 6) is 0. The van der Waals surface area contributed by atoms with Crippen molar-refractivity contribution in [2.24, 2.45) is 0 Å². The molecule has 230 valence electrons. The Balaban J connectivity index is 1.22. The van der Waals surface area contributed by atoms with Gasteiger partial charge in [0.25, 0.3) is 0 Å². The monoisotopic (exact) mass is 659 g/mol. The van der Waals surface area contributed by atoms with Crippen LogP contribution in [0.3, 0.4) is 0 Å². The van der Waals surface area contributed by atoms with Gasteiger partial charge in [0.2, 0.25) is 0 Å². The predicted octanol–water partition coefficient (Wildman–Crippen LogP) is 14.4. The Hall–Kier alpha value is -5.74. The Kier molecular flexibility index (Phi) is 6.61. The Morgan fingerprint density at radius 1 is 0.367 bits per heavy atom. The van der Waals surface area contributed by atoms with Crippen LogP contribution in [0.4, 0.5) is 17.1 Å². The second kappa shape index (κ2) is 11.5. The molecule has 0 saturated heterocycles. The lowest BCUT2D eigenvalue weighted by Gasteiger charge is -2.27. The molecule has 0 fully saturated rings. The first kappa shape index (κ1) is 28.3. The van der Waals surface area contributed by atoms with Crippen LogP contribution >= 0.6 is 22.7 Å². The lowest BCUT2D eigenvalue weighted by atomic mass is 9.98. The van der Waals surface area contributed by atoms with E-state index < -0.39 is 0 Å². The second-order valence-electron chi connectivity index (χ2n) is 12.5. The molecule has 0 aliphatic heterocycles. The molecule has 8 aromatic carbocycles. The third-order valence-corrected chi connectivity index (χ3v) is 12.0. The number of fused-ring (bicyclic) bond motifs is 7. The molecule has 2 heterocycles. The molecule has 2 aromatic heterocycles. The Morgan fingerprint density at radius 2 is 0.980 bits per heavy atom. The predicted molar refractivity (Wildman–Crippen MR) is 215 cm³/mol. The minimum Gasteiger partial charge on any atom is -0.309 e. The van der Waals surface area contributed by atoms with Crippen LogP contribution in [0.2, 0.25) is 0 Å². The highest BCUT2D eigenvalue weighted by Crippen LogP contribution is 2.49. The summed E-state index contributed by atoms with van der Waals surface area (Å²) < 4.78 is 5.21. The lowest BCUT2D eigenvalue weighted by molar-refractivity contribution is 1.32. The van der Waals surface area contributed by atoms with E-state index in [2.05, 4.69) is 181 Å². The summed E-state index contributed by atoms with van der Waals surface area (Å²) in [6.07, 6.45) is 0.